The Labute approximate surface area is 112 Å². The first kappa shape index (κ1) is 12.2. The Hall–Kier alpha value is -1.84. The lowest BCUT2D eigenvalue weighted by atomic mass is 10.0. The summed E-state index contributed by atoms with van der Waals surface area (Å²) in [5, 5.41) is 5.82. The van der Waals surface area contributed by atoms with E-state index in [-0.39, 0.29) is 23.9 Å². The first-order chi connectivity index (χ1) is 9.24. The molecule has 1 saturated carbocycles. The van der Waals surface area contributed by atoms with E-state index < -0.39 is 0 Å². The van der Waals surface area contributed by atoms with E-state index in [1.807, 2.05) is 18.2 Å². The van der Waals surface area contributed by atoms with Gasteiger partial charge in [-0.25, -0.2) is 0 Å². The standard InChI is InChI=1S/C15H18N2O2/c18-13-9-8-12(16-13)15(19)17-14(11-6-7-11)10-4-2-1-3-5-10/h1-5,11-12,14H,6-9H2,(H,16,18)(H,17,19). The Morgan fingerprint density at radius 3 is 2.53 bits per heavy atom. The zero-order valence-corrected chi connectivity index (χ0v) is 10.8. The fourth-order valence-corrected chi connectivity index (χ4v) is 2.63. The summed E-state index contributed by atoms with van der Waals surface area (Å²) in [7, 11) is 0. The van der Waals surface area contributed by atoms with Gasteiger partial charge in [0.05, 0.1) is 6.04 Å². The first-order valence-corrected chi connectivity index (χ1v) is 6.89. The fraction of sp³-hybridized carbons (Fsp3) is 0.467. The molecular formula is C15H18N2O2. The summed E-state index contributed by atoms with van der Waals surface area (Å²) in [5.41, 5.74) is 1.16. The number of benzene rings is 1. The van der Waals surface area contributed by atoms with Crippen molar-refractivity contribution in [3.63, 3.8) is 0 Å². The van der Waals surface area contributed by atoms with Crippen LogP contribution in [0.3, 0.4) is 0 Å². The second kappa shape index (κ2) is 5.03. The van der Waals surface area contributed by atoms with Gasteiger partial charge in [0.15, 0.2) is 0 Å². The number of hydrogen-bond donors (Lipinski definition) is 2. The smallest absolute Gasteiger partial charge is 0.243 e. The molecule has 2 fully saturated rings. The minimum atomic E-state index is -0.350. The van der Waals surface area contributed by atoms with Gasteiger partial charge in [-0.1, -0.05) is 30.3 Å². The van der Waals surface area contributed by atoms with Crippen molar-refractivity contribution in [3.05, 3.63) is 35.9 Å². The molecule has 2 unspecified atom stereocenters. The number of rotatable bonds is 4. The van der Waals surface area contributed by atoms with Crippen LogP contribution in [0.4, 0.5) is 0 Å². The Bertz CT molecular complexity index is 482. The van der Waals surface area contributed by atoms with Gasteiger partial charge in [-0.05, 0) is 30.7 Å². The molecule has 2 atom stereocenters. The van der Waals surface area contributed by atoms with Gasteiger partial charge >= 0.3 is 0 Å². The van der Waals surface area contributed by atoms with Crippen LogP contribution >= 0.6 is 0 Å². The normalized spacial score (nSPS) is 23.8. The second-order valence-electron chi connectivity index (χ2n) is 5.39. The molecule has 0 aromatic heterocycles. The zero-order valence-electron chi connectivity index (χ0n) is 10.8. The van der Waals surface area contributed by atoms with Crippen LogP contribution in [0, 0.1) is 5.92 Å². The van der Waals surface area contributed by atoms with Crippen LogP contribution in [0.15, 0.2) is 30.3 Å². The lowest BCUT2D eigenvalue weighted by molar-refractivity contribution is -0.126. The fourth-order valence-electron chi connectivity index (χ4n) is 2.63. The zero-order chi connectivity index (χ0) is 13.2. The van der Waals surface area contributed by atoms with Gasteiger partial charge in [-0.3, -0.25) is 9.59 Å². The second-order valence-corrected chi connectivity index (χ2v) is 5.39. The molecule has 1 aliphatic carbocycles. The summed E-state index contributed by atoms with van der Waals surface area (Å²) in [6.07, 6.45) is 3.39. The van der Waals surface area contributed by atoms with Gasteiger partial charge in [-0.15, -0.1) is 0 Å². The average Bonchev–Trinajstić information content (AvgIpc) is 3.18. The van der Waals surface area contributed by atoms with E-state index in [1.54, 1.807) is 0 Å². The average molecular weight is 258 g/mol. The predicted molar refractivity (Wildman–Crippen MR) is 71.2 cm³/mol. The first-order valence-electron chi connectivity index (χ1n) is 6.89. The molecule has 1 aromatic rings. The Morgan fingerprint density at radius 1 is 1.21 bits per heavy atom. The van der Waals surface area contributed by atoms with Crippen LogP contribution < -0.4 is 10.6 Å². The van der Waals surface area contributed by atoms with Gasteiger partial charge in [-0.2, -0.15) is 0 Å². The number of hydrogen-bond acceptors (Lipinski definition) is 2. The summed E-state index contributed by atoms with van der Waals surface area (Å²) in [4.78, 5) is 23.3. The largest absolute Gasteiger partial charge is 0.347 e. The molecule has 2 aliphatic rings. The predicted octanol–water partition coefficient (Wildman–Crippen LogP) is 1.53. The summed E-state index contributed by atoms with van der Waals surface area (Å²) >= 11 is 0. The highest BCUT2D eigenvalue weighted by Gasteiger charge is 2.36. The van der Waals surface area contributed by atoms with Crippen molar-refractivity contribution < 1.29 is 9.59 Å². The van der Waals surface area contributed by atoms with Gasteiger partial charge < -0.3 is 10.6 Å². The van der Waals surface area contributed by atoms with Crippen molar-refractivity contribution in [1.29, 1.82) is 0 Å². The highest BCUT2D eigenvalue weighted by atomic mass is 16.2. The molecule has 1 aliphatic heterocycles. The maximum absolute atomic E-state index is 12.2. The Balaban J connectivity index is 1.68. The molecular weight excluding hydrogens is 240 g/mol. The van der Waals surface area contributed by atoms with E-state index in [4.69, 9.17) is 0 Å². The Morgan fingerprint density at radius 2 is 1.95 bits per heavy atom. The monoisotopic (exact) mass is 258 g/mol. The van der Waals surface area contributed by atoms with Crippen LogP contribution in [0.1, 0.15) is 37.3 Å². The SMILES string of the molecule is O=C1CCC(C(=O)NC(c2ccccc2)C2CC2)N1. The number of carbonyl (C=O) groups excluding carboxylic acids is 2. The topological polar surface area (TPSA) is 58.2 Å². The summed E-state index contributed by atoms with van der Waals surface area (Å²) in [6.45, 7) is 0. The molecule has 2 amide bonds. The lowest BCUT2D eigenvalue weighted by Gasteiger charge is -2.21. The van der Waals surface area contributed by atoms with E-state index in [2.05, 4.69) is 22.8 Å². The highest BCUT2D eigenvalue weighted by molar-refractivity contribution is 5.91. The van der Waals surface area contributed by atoms with Crippen LogP contribution in [-0.2, 0) is 9.59 Å². The summed E-state index contributed by atoms with van der Waals surface area (Å²) in [6, 6.07) is 9.81. The molecule has 4 nitrogen and oxygen atoms in total. The van der Waals surface area contributed by atoms with Crippen LogP contribution in [-0.4, -0.2) is 17.9 Å². The molecule has 0 bridgehead atoms. The van der Waals surface area contributed by atoms with Crippen molar-refractivity contribution >= 4 is 11.8 Å². The van der Waals surface area contributed by atoms with E-state index >= 15 is 0 Å². The maximum atomic E-state index is 12.2. The molecule has 1 heterocycles. The van der Waals surface area contributed by atoms with E-state index in [0.29, 0.717) is 18.8 Å². The van der Waals surface area contributed by atoms with Crippen molar-refractivity contribution in [2.45, 2.75) is 37.8 Å². The maximum Gasteiger partial charge on any atom is 0.243 e. The van der Waals surface area contributed by atoms with Gasteiger partial charge in [0.1, 0.15) is 6.04 Å². The molecule has 3 rings (SSSR count). The van der Waals surface area contributed by atoms with Crippen LogP contribution in [0.5, 0.6) is 0 Å². The number of nitrogens with one attached hydrogen (secondary N) is 2. The summed E-state index contributed by atoms with van der Waals surface area (Å²) < 4.78 is 0. The minimum Gasteiger partial charge on any atom is -0.347 e. The van der Waals surface area contributed by atoms with Crippen LogP contribution in [0.2, 0.25) is 0 Å². The van der Waals surface area contributed by atoms with Crippen molar-refractivity contribution in [1.82, 2.24) is 10.6 Å². The third kappa shape index (κ3) is 2.78. The minimum absolute atomic E-state index is 0.0252. The number of carbonyl (C=O) groups is 2. The van der Waals surface area contributed by atoms with Gasteiger partial charge in [0.2, 0.25) is 11.8 Å². The highest BCUT2D eigenvalue weighted by Crippen LogP contribution is 2.41. The third-order valence-corrected chi connectivity index (χ3v) is 3.86. The molecule has 4 heteroatoms. The summed E-state index contributed by atoms with van der Waals surface area (Å²) in [5.74, 6) is 0.470. The van der Waals surface area contributed by atoms with E-state index in [9.17, 15) is 9.59 Å². The molecule has 1 saturated heterocycles. The van der Waals surface area contributed by atoms with Gasteiger partial charge in [0, 0.05) is 6.42 Å². The molecule has 1 aromatic carbocycles. The van der Waals surface area contributed by atoms with E-state index in [1.165, 1.54) is 0 Å². The third-order valence-electron chi connectivity index (χ3n) is 3.86. The Kier molecular flexibility index (Phi) is 3.23. The number of amides is 2. The molecule has 0 spiro atoms. The van der Waals surface area contributed by atoms with Gasteiger partial charge in [0.25, 0.3) is 0 Å². The van der Waals surface area contributed by atoms with E-state index in [0.717, 1.165) is 18.4 Å². The lowest BCUT2D eigenvalue weighted by Crippen LogP contribution is -2.43. The molecule has 19 heavy (non-hydrogen) atoms. The quantitative estimate of drug-likeness (QED) is 0.860. The molecule has 2 N–H and O–H groups in total. The van der Waals surface area contributed by atoms with Crippen LogP contribution in [0.25, 0.3) is 0 Å². The molecule has 0 radical (unpaired) electrons. The van der Waals surface area contributed by atoms with Crippen molar-refractivity contribution in [2.24, 2.45) is 5.92 Å². The van der Waals surface area contributed by atoms with Crippen molar-refractivity contribution in [2.75, 3.05) is 0 Å². The molecule has 100 valence electrons. The van der Waals surface area contributed by atoms with Crippen molar-refractivity contribution in [3.8, 4) is 0 Å².